The molecule has 0 aliphatic heterocycles. The topological polar surface area (TPSA) is 55.4 Å². The quantitative estimate of drug-likeness (QED) is 0.787. The van der Waals surface area contributed by atoms with Gasteiger partial charge in [0.25, 0.3) is 9.84 Å². The number of anilines is 1. The molecule has 114 valence electrons. The van der Waals surface area contributed by atoms with E-state index in [1.54, 1.807) is 0 Å². The number of nitrogens with one attached hydrogen (secondary N) is 1. The van der Waals surface area contributed by atoms with Crippen LogP contribution in [0.2, 0.25) is 0 Å². The minimum Gasteiger partial charge on any atom is -0.384 e. The first-order valence-corrected chi connectivity index (χ1v) is 7.51. The molecule has 0 spiro atoms. The monoisotopic (exact) mass is 311 g/mol. The first-order valence-electron chi connectivity index (χ1n) is 6.02. The van der Waals surface area contributed by atoms with Crippen LogP contribution in [0.15, 0.2) is 29.2 Å². The number of halogens is 3. The molecule has 0 saturated carbocycles. The zero-order valence-corrected chi connectivity index (χ0v) is 11.7. The predicted octanol–water partition coefficient (Wildman–Crippen LogP) is 2.82. The minimum absolute atomic E-state index is 0.0543. The van der Waals surface area contributed by atoms with Gasteiger partial charge in [0.2, 0.25) is 0 Å². The summed E-state index contributed by atoms with van der Waals surface area (Å²) in [7, 11) is -5.35. The summed E-state index contributed by atoms with van der Waals surface area (Å²) in [6, 6.07) is 4.97. The van der Waals surface area contributed by atoms with Crippen LogP contribution in [-0.4, -0.2) is 33.7 Å². The molecule has 0 saturated heterocycles. The van der Waals surface area contributed by atoms with Gasteiger partial charge in [-0.3, -0.25) is 0 Å². The minimum atomic E-state index is -5.35. The van der Waals surface area contributed by atoms with Gasteiger partial charge >= 0.3 is 5.51 Å². The highest BCUT2D eigenvalue weighted by atomic mass is 32.2. The largest absolute Gasteiger partial charge is 0.501 e. The number of alkyl halides is 3. The Bertz CT molecular complexity index is 529. The van der Waals surface area contributed by atoms with E-state index in [9.17, 15) is 21.6 Å². The van der Waals surface area contributed by atoms with Crippen molar-refractivity contribution in [3.05, 3.63) is 24.3 Å². The second-order valence-corrected chi connectivity index (χ2v) is 5.83. The molecule has 0 aliphatic carbocycles. The van der Waals surface area contributed by atoms with Crippen molar-refractivity contribution in [1.82, 2.24) is 0 Å². The van der Waals surface area contributed by atoms with Crippen molar-refractivity contribution in [1.29, 1.82) is 0 Å². The molecule has 0 aromatic heterocycles. The number of para-hydroxylation sites is 1. The van der Waals surface area contributed by atoms with Crippen LogP contribution in [0.1, 0.15) is 13.3 Å². The lowest BCUT2D eigenvalue weighted by Gasteiger charge is -2.14. The molecule has 1 aromatic carbocycles. The highest BCUT2D eigenvalue weighted by Crippen LogP contribution is 2.34. The summed E-state index contributed by atoms with van der Waals surface area (Å²) >= 11 is 0. The number of ether oxygens (including phenoxy) is 1. The molecule has 1 N–H and O–H groups in total. The standard InChI is InChI=1S/C12H16F3NO3S/c1-2-19-9-5-8-16-10-6-3-4-7-11(10)20(17,18)12(13,14)15/h3-4,6-7,16H,2,5,8-9H2,1H3. The summed E-state index contributed by atoms with van der Waals surface area (Å²) in [6.07, 6.45) is 0.564. The van der Waals surface area contributed by atoms with Gasteiger partial charge in [-0.15, -0.1) is 0 Å². The smallest absolute Gasteiger partial charge is 0.384 e. The van der Waals surface area contributed by atoms with Crippen LogP contribution in [0.25, 0.3) is 0 Å². The molecule has 0 fully saturated rings. The second kappa shape index (κ2) is 6.94. The first-order chi connectivity index (χ1) is 9.30. The van der Waals surface area contributed by atoms with E-state index in [1.807, 2.05) is 6.92 Å². The van der Waals surface area contributed by atoms with Gasteiger partial charge in [-0.2, -0.15) is 13.2 Å². The van der Waals surface area contributed by atoms with Crippen molar-refractivity contribution in [2.45, 2.75) is 23.7 Å². The fraction of sp³-hybridized carbons (Fsp3) is 0.500. The molecule has 8 heteroatoms. The maximum absolute atomic E-state index is 12.6. The van der Waals surface area contributed by atoms with Gasteiger partial charge in [-0.25, -0.2) is 8.42 Å². The lowest BCUT2D eigenvalue weighted by Crippen LogP contribution is -2.24. The van der Waals surface area contributed by atoms with Crippen LogP contribution in [0.4, 0.5) is 18.9 Å². The molecule has 0 atom stereocenters. The molecular weight excluding hydrogens is 295 g/mol. The maximum atomic E-state index is 12.6. The molecule has 0 unspecified atom stereocenters. The summed E-state index contributed by atoms with van der Waals surface area (Å²) in [4.78, 5) is -0.760. The Morgan fingerprint density at radius 2 is 1.90 bits per heavy atom. The molecule has 1 rings (SSSR count). The summed E-state index contributed by atoms with van der Waals surface area (Å²) in [5, 5.41) is 2.69. The molecule has 0 aliphatic rings. The number of rotatable bonds is 7. The molecule has 0 amide bonds. The third-order valence-corrected chi connectivity index (χ3v) is 4.01. The van der Waals surface area contributed by atoms with E-state index < -0.39 is 20.2 Å². The molecular formula is C12H16F3NO3S. The summed E-state index contributed by atoms with van der Waals surface area (Å²) in [5.41, 5.74) is -5.36. The van der Waals surface area contributed by atoms with Crippen molar-refractivity contribution in [3.63, 3.8) is 0 Å². The fourth-order valence-electron chi connectivity index (χ4n) is 1.51. The predicted molar refractivity (Wildman–Crippen MR) is 69.3 cm³/mol. The molecule has 4 nitrogen and oxygen atoms in total. The summed E-state index contributed by atoms with van der Waals surface area (Å²) in [6.45, 7) is 3.17. The number of benzene rings is 1. The van der Waals surface area contributed by atoms with E-state index in [0.29, 0.717) is 26.2 Å². The van der Waals surface area contributed by atoms with E-state index in [4.69, 9.17) is 4.74 Å². The maximum Gasteiger partial charge on any atom is 0.501 e. The van der Waals surface area contributed by atoms with E-state index in [1.165, 1.54) is 18.2 Å². The average molecular weight is 311 g/mol. The highest BCUT2D eigenvalue weighted by Gasteiger charge is 2.47. The summed E-state index contributed by atoms with van der Waals surface area (Å²) in [5.74, 6) is 0. The normalized spacial score (nSPS) is 12.4. The molecule has 0 bridgehead atoms. The molecule has 1 aromatic rings. The van der Waals surface area contributed by atoms with E-state index in [2.05, 4.69) is 5.32 Å². The van der Waals surface area contributed by atoms with Crippen molar-refractivity contribution in [2.24, 2.45) is 0 Å². The van der Waals surface area contributed by atoms with Crippen LogP contribution >= 0.6 is 0 Å². The Morgan fingerprint density at radius 3 is 2.50 bits per heavy atom. The average Bonchev–Trinajstić information content (AvgIpc) is 2.37. The van der Waals surface area contributed by atoms with Crippen molar-refractivity contribution < 1.29 is 26.3 Å². The van der Waals surface area contributed by atoms with Crippen LogP contribution in [0.3, 0.4) is 0 Å². The third-order valence-electron chi connectivity index (χ3n) is 2.47. The number of sulfone groups is 1. The van der Waals surface area contributed by atoms with Gasteiger partial charge in [0.1, 0.15) is 0 Å². The van der Waals surface area contributed by atoms with Crippen molar-refractivity contribution >= 4 is 15.5 Å². The van der Waals surface area contributed by atoms with Gasteiger partial charge in [0.05, 0.1) is 10.6 Å². The van der Waals surface area contributed by atoms with E-state index in [0.717, 1.165) is 6.07 Å². The van der Waals surface area contributed by atoms with Gasteiger partial charge in [-0.1, -0.05) is 12.1 Å². The number of hydrogen-bond donors (Lipinski definition) is 1. The Balaban J connectivity index is 2.84. The lowest BCUT2D eigenvalue weighted by molar-refractivity contribution is -0.0435. The Kier molecular flexibility index (Phi) is 5.82. The Morgan fingerprint density at radius 1 is 1.25 bits per heavy atom. The van der Waals surface area contributed by atoms with Crippen molar-refractivity contribution in [2.75, 3.05) is 25.1 Å². The number of hydrogen-bond acceptors (Lipinski definition) is 4. The molecule has 0 radical (unpaired) electrons. The second-order valence-electron chi connectivity index (χ2n) is 3.92. The van der Waals surface area contributed by atoms with Gasteiger partial charge < -0.3 is 10.1 Å². The van der Waals surface area contributed by atoms with Crippen LogP contribution in [0.5, 0.6) is 0 Å². The van der Waals surface area contributed by atoms with Crippen LogP contribution in [-0.2, 0) is 14.6 Å². The third kappa shape index (κ3) is 4.11. The van der Waals surface area contributed by atoms with E-state index in [-0.39, 0.29) is 5.69 Å². The first kappa shape index (κ1) is 16.8. The SMILES string of the molecule is CCOCCCNc1ccccc1S(=O)(=O)C(F)(F)F. The Labute approximate surface area is 115 Å². The summed E-state index contributed by atoms with van der Waals surface area (Å²) < 4.78 is 65.6. The van der Waals surface area contributed by atoms with Gasteiger partial charge in [0.15, 0.2) is 0 Å². The lowest BCUT2D eigenvalue weighted by atomic mass is 10.3. The zero-order valence-electron chi connectivity index (χ0n) is 10.9. The van der Waals surface area contributed by atoms with Crippen LogP contribution < -0.4 is 5.32 Å². The van der Waals surface area contributed by atoms with Gasteiger partial charge in [-0.05, 0) is 25.5 Å². The zero-order chi connectivity index (χ0) is 15.2. The van der Waals surface area contributed by atoms with E-state index >= 15 is 0 Å². The van der Waals surface area contributed by atoms with Gasteiger partial charge in [0, 0.05) is 19.8 Å². The Hall–Kier alpha value is -1.28. The molecule has 0 heterocycles. The fourth-order valence-corrected chi connectivity index (χ4v) is 2.45. The highest BCUT2D eigenvalue weighted by molar-refractivity contribution is 7.92. The van der Waals surface area contributed by atoms with Crippen molar-refractivity contribution in [3.8, 4) is 0 Å². The molecule has 20 heavy (non-hydrogen) atoms. The van der Waals surface area contributed by atoms with Crippen LogP contribution in [0, 0.1) is 0 Å².